The number of carbonyl (C=O) groups is 1. The lowest BCUT2D eigenvalue weighted by molar-refractivity contribution is 0.102. The van der Waals surface area contributed by atoms with E-state index in [1.54, 1.807) is 6.92 Å². The van der Waals surface area contributed by atoms with Crippen LogP contribution in [-0.2, 0) is 0 Å². The maximum Gasteiger partial charge on any atom is 0.194 e. The summed E-state index contributed by atoms with van der Waals surface area (Å²) in [5.74, 6) is -4.23. The van der Waals surface area contributed by atoms with Gasteiger partial charge in [0.2, 0.25) is 0 Å². The van der Waals surface area contributed by atoms with Crippen LogP contribution in [0.15, 0.2) is 12.1 Å². The summed E-state index contributed by atoms with van der Waals surface area (Å²) in [6, 6.07) is 1.72. The number of benzene rings is 1. The maximum atomic E-state index is 13.1. The van der Waals surface area contributed by atoms with Gasteiger partial charge in [-0.2, -0.15) is 0 Å². The summed E-state index contributed by atoms with van der Waals surface area (Å²) >= 11 is 1.03. The van der Waals surface area contributed by atoms with Crippen molar-refractivity contribution in [1.82, 2.24) is 4.98 Å². The fourth-order valence-electron chi connectivity index (χ4n) is 1.53. The molecular weight excluding hydrogens is 263 g/mol. The van der Waals surface area contributed by atoms with Crippen LogP contribution < -0.4 is 0 Å². The minimum Gasteiger partial charge on any atom is -0.294 e. The number of aromatic nitrogens is 1. The number of rotatable bonds is 2. The van der Waals surface area contributed by atoms with Crippen LogP contribution in [0.25, 0.3) is 10.6 Å². The summed E-state index contributed by atoms with van der Waals surface area (Å²) in [7, 11) is 0. The molecule has 1 aromatic carbocycles. The first-order valence-corrected chi connectivity index (χ1v) is 5.85. The summed E-state index contributed by atoms with van der Waals surface area (Å²) in [4.78, 5) is 15.7. The third-order valence-electron chi connectivity index (χ3n) is 2.35. The zero-order valence-corrected chi connectivity index (χ0v) is 10.4. The molecule has 0 radical (unpaired) electrons. The van der Waals surface area contributed by atoms with Crippen LogP contribution in [0.4, 0.5) is 13.2 Å². The molecule has 0 unspecified atom stereocenters. The highest BCUT2D eigenvalue weighted by atomic mass is 32.1. The average Bonchev–Trinajstić information content (AvgIpc) is 2.67. The number of thiazole rings is 1. The lowest BCUT2D eigenvalue weighted by Gasteiger charge is -1.99. The summed E-state index contributed by atoms with van der Waals surface area (Å²) < 4.78 is 39.0. The summed E-state index contributed by atoms with van der Waals surface area (Å²) in [5.41, 5.74) is 0.611. The van der Waals surface area contributed by atoms with Gasteiger partial charge in [-0.1, -0.05) is 0 Å². The van der Waals surface area contributed by atoms with Crippen molar-refractivity contribution in [1.29, 1.82) is 0 Å². The Bertz CT molecular complexity index is 613. The van der Waals surface area contributed by atoms with Gasteiger partial charge in [0.05, 0.1) is 10.6 Å². The Morgan fingerprint density at radius 2 is 1.78 bits per heavy atom. The van der Waals surface area contributed by atoms with Gasteiger partial charge in [-0.05, 0) is 19.1 Å². The molecule has 2 aromatic rings. The Hall–Kier alpha value is -1.69. The van der Waals surface area contributed by atoms with E-state index in [4.69, 9.17) is 0 Å². The van der Waals surface area contributed by atoms with E-state index in [0.29, 0.717) is 10.6 Å². The number of nitrogens with zero attached hydrogens (tertiary/aromatic N) is 1. The van der Waals surface area contributed by atoms with Crippen LogP contribution in [0, 0.1) is 24.4 Å². The fraction of sp³-hybridized carbons (Fsp3) is 0.167. The molecule has 6 heteroatoms. The van der Waals surface area contributed by atoms with Crippen LogP contribution in [0.1, 0.15) is 22.3 Å². The maximum absolute atomic E-state index is 13.1. The number of carbonyl (C=O) groups excluding carboxylic acids is 1. The first-order chi connectivity index (χ1) is 8.40. The smallest absolute Gasteiger partial charge is 0.194 e. The van der Waals surface area contributed by atoms with Crippen molar-refractivity contribution in [3.63, 3.8) is 0 Å². The molecule has 0 atom stereocenters. The van der Waals surface area contributed by atoms with E-state index in [1.807, 2.05) is 0 Å². The molecule has 0 spiro atoms. The molecule has 1 aromatic heterocycles. The Morgan fingerprint density at radius 1 is 1.22 bits per heavy atom. The molecule has 0 bridgehead atoms. The topological polar surface area (TPSA) is 30.0 Å². The van der Waals surface area contributed by atoms with E-state index in [2.05, 4.69) is 4.98 Å². The lowest BCUT2D eigenvalue weighted by Crippen LogP contribution is -1.91. The van der Waals surface area contributed by atoms with Crippen molar-refractivity contribution < 1.29 is 18.0 Å². The number of halogens is 3. The highest BCUT2D eigenvalue weighted by molar-refractivity contribution is 7.17. The molecule has 2 rings (SSSR count). The number of ketones is 1. The van der Waals surface area contributed by atoms with Crippen LogP contribution in [0.5, 0.6) is 0 Å². The minimum absolute atomic E-state index is 0.118. The van der Waals surface area contributed by atoms with Crippen LogP contribution in [0.3, 0.4) is 0 Å². The van der Waals surface area contributed by atoms with Crippen molar-refractivity contribution in [2.45, 2.75) is 13.8 Å². The predicted octanol–water partition coefficient (Wildman–Crippen LogP) is 3.74. The number of aryl methyl sites for hydroxylation is 1. The zero-order chi connectivity index (χ0) is 13.4. The van der Waals surface area contributed by atoms with Crippen molar-refractivity contribution in [2.75, 3.05) is 0 Å². The van der Waals surface area contributed by atoms with Crippen molar-refractivity contribution in [2.24, 2.45) is 0 Å². The van der Waals surface area contributed by atoms with E-state index in [1.165, 1.54) is 6.92 Å². The third kappa shape index (κ3) is 2.15. The largest absolute Gasteiger partial charge is 0.294 e. The molecule has 0 saturated heterocycles. The van der Waals surface area contributed by atoms with Gasteiger partial charge in [0.15, 0.2) is 23.2 Å². The van der Waals surface area contributed by atoms with E-state index in [9.17, 15) is 18.0 Å². The first-order valence-electron chi connectivity index (χ1n) is 5.03. The quantitative estimate of drug-likeness (QED) is 0.615. The molecular formula is C12H8F3NOS. The van der Waals surface area contributed by atoms with Crippen LogP contribution >= 0.6 is 11.3 Å². The molecule has 0 aliphatic rings. The second-order valence-electron chi connectivity index (χ2n) is 3.74. The van der Waals surface area contributed by atoms with Gasteiger partial charge in [0, 0.05) is 12.5 Å². The highest BCUT2D eigenvalue weighted by Gasteiger charge is 2.16. The average molecular weight is 271 g/mol. The number of hydrogen-bond donors (Lipinski definition) is 0. The number of Topliss-reactive ketones (excluding diaryl/α,β-unsaturated/α-hetero) is 1. The molecule has 0 amide bonds. The molecule has 94 valence electrons. The molecule has 18 heavy (non-hydrogen) atoms. The zero-order valence-electron chi connectivity index (χ0n) is 9.55. The molecule has 0 fully saturated rings. The van der Waals surface area contributed by atoms with E-state index >= 15 is 0 Å². The highest BCUT2D eigenvalue weighted by Crippen LogP contribution is 2.30. The van der Waals surface area contributed by atoms with Crippen molar-refractivity contribution in [3.05, 3.63) is 40.2 Å². The SMILES string of the molecule is CC(=O)c1sc(-c2cc(F)c(F)c(F)c2)nc1C. The molecule has 2 nitrogen and oxygen atoms in total. The number of hydrogen-bond acceptors (Lipinski definition) is 3. The molecule has 1 heterocycles. The summed E-state index contributed by atoms with van der Waals surface area (Å²) in [6.07, 6.45) is 0. The Kier molecular flexibility index (Phi) is 3.21. The first kappa shape index (κ1) is 12.8. The normalized spacial score (nSPS) is 10.7. The molecule has 0 N–H and O–H groups in total. The van der Waals surface area contributed by atoms with Gasteiger partial charge in [-0.3, -0.25) is 4.79 Å². The summed E-state index contributed by atoms with van der Waals surface area (Å²) in [6.45, 7) is 3.02. The summed E-state index contributed by atoms with van der Waals surface area (Å²) in [5, 5.41) is 0.288. The molecule has 0 aliphatic carbocycles. The van der Waals surface area contributed by atoms with Gasteiger partial charge in [-0.25, -0.2) is 18.2 Å². The lowest BCUT2D eigenvalue weighted by atomic mass is 10.2. The second kappa shape index (κ2) is 4.53. The predicted molar refractivity (Wildman–Crippen MR) is 62.2 cm³/mol. The second-order valence-corrected chi connectivity index (χ2v) is 4.74. The van der Waals surface area contributed by atoms with Crippen molar-refractivity contribution in [3.8, 4) is 10.6 Å². The third-order valence-corrected chi connectivity index (χ3v) is 3.65. The molecule has 0 saturated carbocycles. The van der Waals surface area contributed by atoms with Gasteiger partial charge in [0.1, 0.15) is 5.01 Å². The van der Waals surface area contributed by atoms with Gasteiger partial charge in [-0.15, -0.1) is 11.3 Å². The Morgan fingerprint density at radius 3 is 2.22 bits per heavy atom. The minimum atomic E-state index is -1.51. The van der Waals surface area contributed by atoms with Gasteiger partial charge in [0.25, 0.3) is 0 Å². The van der Waals surface area contributed by atoms with Crippen LogP contribution in [0.2, 0.25) is 0 Å². The van der Waals surface area contributed by atoms with E-state index in [0.717, 1.165) is 23.5 Å². The van der Waals surface area contributed by atoms with E-state index in [-0.39, 0.29) is 16.4 Å². The van der Waals surface area contributed by atoms with Crippen LogP contribution in [-0.4, -0.2) is 10.8 Å². The van der Waals surface area contributed by atoms with Gasteiger partial charge < -0.3 is 0 Å². The monoisotopic (exact) mass is 271 g/mol. The fourth-order valence-corrected chi connectivity index (χ4v) is 2.47. The van der Waals surface area contributed by atoms with Crippen molar-refractivity contribution >= 4 is 17.1 Å². The Balaban J connectivity index is 2.56. The Labute approximate surface area is 105 Å². The van der Waals surface area contributed by atoms with E-state index < -0.39 is 17.5 Å². The molecule has 0 aliphatic heterocycles. The standard InChI is InChI=1S/C12H8F3NOS/c1-5-11(6(2)17)18-12(16-5)7-3-8(13)10(15)9(14)4-7/h3-4H,1-2H3. The van der Waals surface area contributed by atoms with Gasteiger partial charge >= 0.3 is 0 Å².